The molecule has 1 aliphatic rings. The van der Waals surface area contributed by atoms with Crippen LogP contribution in [0.5, 0.6) is 5.75 Å². The Morgan fingerprint density at radius 1 is 0.875 bits per heavy atom. The van der Waals surface area contributed by atoms with Crippen molar-refractivity contribution in [2.45, 2.75) is 0 Å². The topological polar surface area (TPSA) is 78.6 Å². The third-order valence-electron chi connectivity index (χ3n) is 3.78. The van der Waals surface area contributed by atoms with Crippen molar-refractivity contribution in [1.29, 1.82) is 0 Å². The van der Waals surface area contributed by atoms with Gasteiger partial charge in [-0.3, -0.25) is 9.59 Å². The minimum absolute atomic E-state index is 0.00596. The molecule has 0 aliphatic heterocycles. The van der Waals surface area contributed by atoms with Gasteiger partial charge in [0.1, 0.15) is 19.0 Å². The van der Waals surface area contributed by atoms with Crippen LogP contribution < -0.4 is 10.5 Å². The van der Waals surface area contributed by atoms with E-state index in [9.17, 15) is 14.0 Å². The molecule has 0 aromatic heterocycles. The van der Waals surface area contributed by atoms with Gasteiger partial charge in [-0.2, -0.15) is 0 Å². The number of hydrogen-bond donors (Lipinski definition) is 1. The molecule has 6 heteroatoms. The smallest absolute Gasteiger partial charge is 0.198 e. The van der Waals surface area contributed by atoms with Crippen LogP contribution in [0.25, 0.3) is 0 Å². The molecule has 0 heterocycles. The van der Waals surface area contributed by atoms with E-state index < -0.39 is 6.67 Å². The summed E-state index contributed by atoms with van der Waals surface area (Å²) in [6.07, 6.45) is 0. The van der Waals surface area contributed by atoms with E-state index in [4.69, 9.17) is 15.2 Å². The maximum Gasteiger partial charge on any atom is 0.198 e. The van der Waals surface area contributed by atoms with E-state index >= 15 is 0 Å². The van der Waals surface area contributed by atoms with Gasteiger partial charge in [0, 0.05) is 16.8 Å². The Labute approximate surface area is 138 Å². The molecule has 24 heavy (non-hydrogen) atoms. The van der Waals surface area contributed by atoms with Gasteiger partial charge in [-0.1, -0.05) is 24.3 Å². The highest BCUT2D eigenvalue weighted by atomic mass is 19.1. The summed E-state index contributed by atoms with van der Waals surface area (Å²) in [6, 6.07) is 9.71. The SMILES string of the molecule is Nc1ccc(OCCOCCF)c2c1C(=O)c1ccccc1C2=O. The molecule has 0 spiro atoms. The van der Waals surface area contributed by atoms with E-state index in [-0.39, 0.29) is 54.0 Å². The van der Waals surface area contributed by atoms with E-state index in [0.29, 0.717) is 11.1 Å². The van der Waals surface area contributed by atoms with Gasteiger partial charge >= 0.3 is 0 Å². The second-order valence-corrected chi connectivity index (χ2v) is 5.26. The first-order valence-electron chi connectivity index (χ1n) is 7.52. The van der Waals surface area contributed by atoms with E-state index in [0.717, 1.165) is 0 Å². The van der Waals surface area contributed by atoms with Crippen LogP contribution in [0.2, 0.25) is 0 Å². The molecule has 2 N–H and O–H groups in total. The van der Waals surface area contributed by atoms with Crippen molar-refractivity contribution in [3.8, 4) is 5.75 Å². The Morgan fingerprint density at radius 3 is 2.21 bits per heavy atom. The molecular weight excluding hydrogens is 313 g/mol. The Morgan fingerprint density at radius 2 is 1.54 bits per heavy atom. The first kappa shape index (κ1) is 16.1. The number of nitrogen functional groups attached to an aromatic ring is 1. The van der Waals surface area contributed by atoms with Crippen LogP contribution in [0, 0.1) is 0 Å². The lowest BCUT2D eigenvalue weighted by Gasteiger charge is -2.21. The van der Waals surface area contributed by atoms with Crippen molar-refractivity contribution in [1.82, 2.24) is 0 Å². The molecule has 0 saturated carbocycles. The van der Waals surface area contributed by atoms with Crippen LogP contribution in [-0.2, 0) is 4.74 Å². The van der Waals surface area contributed by atoms with E-state index in [2.05, 4.69) is 0 Å². The summed E-state index contributed by atoms with van der Waals surface area (Å²) in [5.74, 6) is -0.320. The van der Waals surface area contributed by atoms with Crippen molar-refractivity contribution < 1.29 is 23.5 Å². The molecule has 0 atom stereocenters. The van der Waals surface area contributed by atoms with Crippen LogP contribution in [0.3, 0.4) is 0 Å². The van der Waals surface area contributed by atoms with Crippen LogP contribution in [0.15, 0.2) is 36.4 Å². The van der Waals surface area contributed by atoms with Gasteiger partial charge in [-0.25, -0.2) is 4.39 Å². The van der Waals surface area contributed by atoms with Crippen molar-refractivity contribution in [2.75, 3.05) is 32.2 Å². The monoisotopic (exact) mass is 329 g/mol. The molecule has 0 amide bonds. The fraction of sp³-hybridized carbons (Fsp3) is 0.222. The third-order valence-corrected chi connectivity index (χ3v) is 3.78. The average molecular weight is 329 g/mol. The number of benzene rings is 2. The summed E-state index contributed by atoms with van der Waals surface area (Å²) in [5.41, 5.74) is 7.16. The number of ketones is 2. The molecule has 0 fully saturated rings. The van der Waals surface area contributed by atoms with E-state index in [1.54, 1.807) is 30.3 Å². The van der Waals surface area contributed by atoms with E-state index in [1.165, 1.54) is 6.07 Å². The minimum Gasteiger partial charge on any atom is -0.490 e. The predicted octanol–water partition coefficient (Wildman–Crippen LogP) is 2.41. The molecule has 0 unspecified atom stereocenters. The van der Waals surface area contributed by atoms with Gasteiger partial charge in [0.05, 0.1) is 24.3 Å². The van der Waals surface area contributed by atoms with Crippen LogP contribution in [0.4, 0.5) is 10.1 Å². The summed E-state index contributed by atoms with van der Waals surface area (Å²) < 4.78 is 22.5. The zero-order valence-electron chi connectivity index (χ0n) is 12.9. The molecule has 5 nitrogen and oxygen atoms in total. The van der Waals surface area contributed by atoms with Gasteiger partial charge in [-0.15, -0.1) is 0 Å². The quantitative estimate of drug-likeness (QED) is 0.555. The molecule has 2 aromatic rings. The Kier molecular flexibility index (Phi) is 4.57. The Hall–Kier alpha value is -2.73. The maximum atomic E-state index is 12.8. The van der Waals surface area contributed by atoms with Crippen molar-refractivity contribution >= 4 is 17.3 Å². The van der Waals surface area contributed by atoms with Crippen LogP contribution in [0.1, 0.15) is 31.8 Å². The van der Waals surface area contributed by atoms with Crippen LogP contribution in [-0.4, -0.2) is 38.1 Å². The first-order chi connectivity index (χ1) is 11.6. The molecule has 2 aromatic carbocycles. The minimum atomic E-state index is -0.568. The first-order valence-corrected chi connectivity index (χ1v) is 7.52. The Bertz CT molecular complexity index is 804. The highest BCUT2D eigenvalue weighted by Crippen LogP contribution is 2.36. The lowest BCUT2D eigenvalue weighted by Crippen LogP contribution is -2.23. The number of fused-ring (bicyclic) bond motifs is 2. The van der Waals surface area contributed by atoms with Gasteiger partial charge in [0.15, 0.2) is 11.6 Å². The normalized spacial score (nSPS) is 12.7. The fourth-order valence-corrected chi connectivity index (χ4v) is 2.71. The second kappa shape index (κ2) is 6.80. The lowest BCUT2D eigenvalue weighted by molar-refractivity contribution is 0.0880. The zero-order valence-corrected chi connectivity index (χ0v) is 12.9. The fourth-order valence-electron chi connectivity index (χ4n) is 2.71. The largest absolute Gasteiger partial charge is 0.490 e. The molecule has 0 bridgehead atoms. The van der Waals surface area contributed by atoms with Gasteiger partial charge in [0.2, 0.25) is 0 Å². The molecule has 0 radical (unpaired) electrons. The number of anilines is 1. The number of hydrogen-bond acceptors (Lipinski definition) is 5. The third kappa shape index (κ3) is 2.76. The number of alkyl halides is 1. The highest BCUT2D eigenvalue weighted by molar-refractivity contribution is 6.30. The second-order valence-electron chi connectivity index (χ2n) is 5.26. The number of halogens is 1. The molecular formula is C18H16FNO4. The summed E-state index contributed by atoms with van der Waals surface area (Å²) >= 11 is 0. The van der Waals surface area contributed by atoms with Crippen LogP contribution >= 0.6 is 0 Å². The zero-order chi connectivity index (χ0) is 17.1. The summed E-state index contributed by atoms with van der Waals surface area (Å²) in [5, 5.41) is 0. The van der Waals surface area contributed by atoms with E-state index in [1.807, 2.05) is 0 Å². The predicted molar refractivity (Wildman–Crippen MR) is 86.5 cm³/mol. The Balaban J connectivity index is 1.95. The van der Waals surface area contributed by atoms with Gasteiger partial charge in [0.25, 0.3) is 0 Å². The lowest BCUT2D eigenvalue weighted by atomic mass is 9.83. The van der Waals surface area contributed by atoms with Crippen molar-refractivity contribution in [3.05, 3.63) is 58.7 Å². The molecule has 0 saturated heterocycles. The standard InChI is InChI=1S/C18H16FNO4/c19-7-8-23-9-10-24-14-6-5-13(20)15-16(14)18(22)12-4-2-1-3-11(12)17(15)21/h1-6H,7-10,20H2. The number of carbonyl (C=O) groups excluding carboxylic acids is 2. The summed E-state index contributed by atoms with van der Waals surface area (Å²) in [7, 11) is 0. The van der Waals surface area contributed by atoms with Gasteiger partial charge < -0.3 is 15.2 Å². The number of rotatable bonds is 6. The number of ether oxygens (including phenoxy) is 2. The van der Waals surface area contributed by atoms with Crippen molar-refractivity contribution in [3.63, 3.8) is 0 Å². The summed E-state index contributed by atoms with van der Waals surface area (Å²) in [6.45, 7) is -0.254. The molecule has 1 aliphatic carbocycles. The average Bonchev–Trinajstić information content (AvgIpc) is 2.60. The summed E-state index contributed by atoms with van der Waals surface area (Å²) in [4.78, 5) is 25.5. The number of carbonyl (C=O) groups is 2. The van der Waals surface area contributed by atoms with Gasteiger partial charge in [-0.05, 0) is 12.1 Å². The van der Waals surface area contributed by atoms with Crippen molar-refractivity contribution in [2.24, 2.45) is 0 Å². The highest BCUT2D eigenvalue weighted by Gasteiger charge is 2.33. The maximum absolute atomic E-state index is 12.8. The molecule has 3 rings (SSSR count). The number of nitrogens with two attached hydrogens (primary N) is 1. The molecule has 124 valence electrons.